The van der Waals surface area contributed by atoms with Crippen molar-refractivity contribution in [2.45, 2.75) is 20.4 Å². The lowest BCUT2D eigenvalue weighted by Crippen LogP contribution is -2.21. The number of benzene rings is 3. The van der Waals surface area contributed by atoms with Crippen molar-refractivity contribution in [2.24, 2.45) is 5.10 Å². The zero-order valence-electron chi connectivity index (χ0n) is 17.9. The van der Waals surface area contributed by atoms with Crippen LogP contribution in [0.1, 0.15) is 23.7 Å². The maximum atomic E-state index is 14.4. The van der Waals surface area contributed by atoms with Gasteiger partial charge in [-0.2, -0.15) is 10.1 Å². The number of amides is 1. The van der Waals surface area contributed by atoms with Gasteiger partial charge >= 0.3 is 0 Å². The molecule has 3 aromatic carbocycles. The topological polar surface area (TPSA) is 37.6 Å². The molecule has 1 aliphatic rings. The van der Waals surface area contributed by atoms with Gasteiger partial charge in [0.05, 0.1) is 23.5 Å². The number of hydrazone groups is 1. The maximum absolute atomic E-state index is 14.4. The highest BCUT2D eigenvalue weighted by molar-refractivity contribution is 6.32. The van der Waals surface area contributed by atoms with Crippen molar-refractivity contribution in [3.05, 3.63) is 107 Å². The van der Waals surface area contributed by atoms with E-state index in [4.69, 9.17) is 0 Å². The van der Waals surface area contributed by atoms with Gasteiger partial charge in [0.15, 0.2) is 0 Å². The second-order valence-corrected chi connectivity index (χ2v) is 7.89. The van der Waals surface area contributed by atoms with Crippen molar-refractivity contribution in [3.8, 4) is 0 Å². The van der Waals surface area contributed by atoms with E-state index in [9.17, 15) is 9.18 Å². The number of fused-ring (bicyclic) bond motifs is 1. The van der Waals surface area contributed by atoms with Gasteiger partial charge in [-0.3, -0.25) is 4.79 Å². The molecule has 0 N–H and O–H groups in total. The second-order valence-electron chi connectivity index (χ2n) is 7.89. The summed E-state index contributed by atoms with van der Waals surface area (Å²) >= 11 is 0. The first-order valence-corrected chi connectivity index (χ1v) is 10.5. The first-order valence-electron chi connectivity index (χ1n) is 10.5. The van der Waals surface area contributed by atoms with E-state index in [0.29, 0.717) is 23.4 Å². The molecule has 2 heterocycles. The van der Waals surface area contributed by atoms with Crippen molar-refractivity contribution in [1.82, 2.24) is 4.57 Å². The molecule has 0 bridgehead atoms. The molecule has 1 amide bonds. The molecule has 0 aliphatic carbocycles. The van der Waals surface area contributed by atoms with E-state index < -0.39 is 0 Å². The van der Waals surface area contributed by atoms with Crippen molar-refractivity contribution >= 4 is 34.3 Å². The van der Waals surface area contributed by atoms with Crippen LogP contribution in [0.3, 0.4) is 0 Å². The summed E-state index contributed by atoms with van der Waals surface area (Å²) in [5, 5.41) is 6.95. The van der Waals surface area contributed by atoms with E-state index >= 15 is 0 Å². The van der Waals surface area contributed by atoms with Crippen LogP contribution in [-0.4, -0.2) is 16.2 Å². The average Bonchev–Trinajstić information content (AvgIpc) is 3.24. The summed E-state index contributed by atoms with van der Waals surface area (Å²) in [4.78, 5) is 13.2. The van der Waals surface area contributed by atoms with Crippen molar-refractivity contribution < 1.29 is 9.18 Å². The van der Waals surface area contributed by atoms with E-state index in [1.165, 1.54) is 11.1 Å². The lowest BCUT2D eigenvalue weighted by Gasteiger charge is -2.11. The fourth-order valence-corrected chi connectivity index (χ4v) is 4.21. The van der Waals surface area contributed by atoms with Crippen molar-refractivity contribution in [2.75, 3.05) is 5.01 Å². The Morgan fingerprint density at radius 3 is 2.38 bits per heavy atom. The zero-order chi connectivity index (χ0) is 22.2. The van der Waals surface area contributed by atoms with E-state index in [0.717, 1.165) is 27.8 Å². The summed E-state index contributed by atoms with van der Waals surface area (Å²) in [7, 11) is 0. The van der Waals surface area contributed by atoms with Crippen molar-refractivity contribution in [1.29, 1.82) is 0 Å². The minimum atomic E-state index is -0.225. The Bertz CT molecular complexity index is 1400. The summed E-state index contributed by atoms with van der Waals surface area (Å²) in [5.74, 6) is -0.379. The molecule has 5 heteroatoms. The van der Waals surface area contributed by atoms with Gasteiger partial charge in [-0.05, 0) is 44.2 Å². The minimum absolute atomic E-state index is 0.154. The lowest BCUT2D eigenvalue weighted by molar-refractivity contribution is -0.114. The molecule has 0 saturated heterocycles. The number of carbonyl (C=O) groups is 1. The lowest BCUT2D eigenvalue weighted by atomic mass is 10.0. The van der Waals surface area contributed by atoms with Gasteiger partial charge in [-0.1, -0.05) is 54.6 Å². The van der Waals surface area contributed by atoms with Crippen LogP contribution in [0.15, 0.2) is 89.5 Å². The maximum Gasteiger partial charge on any atom is 0.280 e. The van der Waals surface area contributed by atoms with Crippen LogP contribution < -0.4 is 5.01 Å². The number of hydrogen-bond acceptors (Lipinski definition) is 2. The van der Waals surface area contributed by atoms with Crippen LogP contribution in [0.4, 0.5) is 10.1 Å². The van der Waals surface area contributed by atoms with Gasteiger partial charge in [0.1, 0.15) is 5.82 Å². The number of anilines is 1. The van der Waals surface area contributed by atoms with Crippen LogP contribution in [0.5, 0.6) is 0 Å². The zero-order valence-corrected chi connectivity index (χ0v) is 17.9. The van der Waals surface area contributed by atoms with Gasteiger partial charge in [-0.25, -0.2) is 4.39 Å². The molecule has 1 aromatic heterocycles. The normalized spacial score (nSPS) is 15.1. The highest BCUT2D eigenvalue weighted by Crippen LogP contribution is 2.31. The Hall–Kier alpha value is -3.99. The predicted octanol–water partition coefficient (Wildman–Crippen LogP) is 5.94. The molecule has 1 aliphatic heterocycles. The van der Waals surface area contributed by atoms with Gasteiger partial charge < -0.3 is 4.57 Å². The van der Waals surface area contributed by atoms with E-state index in [1.54, 1.807) is 12.1 Å². The summed E-state index contributed by atoms with van der Waals surface area (Å²) in [6.45, 7) is 4.27. The van der Waals surface area contributed by atoms with Gasteiger partial charge in [0, 0.05) is 27.7 Å². The highest BCUT2D eigenvalue weighted by Gasteiger charge is 2.29. The second kappa shape index (κ2) is 7.93. The predicted molar refractivity (Wildman–Crippen MR) is 127 cm³/mol. The fourth-order valence-electron chi connectivity index (χ4n) is 4.21. The molecule has 4 aromatic rings. The number of para-hydroxylation sites is 2. The Morgan fingerprint density at radius 2 is 1.59 bits per heavy atom. The molecular weight excluding hydrogens is 401 g/mol. The average molecular weight is 423 g/mol. The summed E-state index contributed by atoms with van der Waals surface area (Å²) < 4.78 is 16.5. The minimum Gasteiger partial charge on any atom is -0.340 e. The molecular formula is C27H22FN3O. The third-order valence-corrected chi connectivity index (χ3v) is 5.92. The van der Waals surface area contributed by atoms with Crippen LogP contribution in [0, 0.1) is 12.7 Å². The molecule has 0 saturated carbocycles. The largest absolute Gasteiger partial charge is 0.340 e. The molecule has 0 fully saturated rings. The summed E-state index contributed by atoms with van der Waals surface area (Å²) in [5.41, 5.74) is 5.51. The number of hydrogen-bond donors (Lipinski definition) is 0. The third-order valence-electron chi connectivity index (χ3n) is 5.92. The van der Waals surface area contributed by atoms with Crippen LogP contribution in [0.25, 0.3) is 17.0 Å². The van der Waals surface area contributed by atoms with E-state index in [2.05, 4.69) is 9.67 Å². The van der Waals surface area contributed by atoms with Gasteiger partial charge in [0.2, 0.25) is 0 Å². The molecule has 5 rings (SSSR count). The molecule has 0 unspecified atom stereocenters. The van der Waals surface area contributed by atoms with Crippen molar-refractivity contribution in [3.63, 3.8) is 0 Å². The first kappa shape index (κ1) is 19.9. The SMILES string of the molecule is CC1=NN(c2ccccc2)C(=O)/C1=C/c1c(C)n(Cc2ccccc2F)c2ccccc12. The monoisotopic (exact) mass is 423 g/mol. The number of nitrogens with zero attached hydrogens (tertiary/aromatic N) is 3. The molecule has 32 heavy (non-hydrogen) atoms. The fraction of sp³-hybridized carbons (Fsp3) is 0.111. The standard InChI is InChI=1S/C27H22FN3O/c1-18-23(27(32)31(29-18)21-11-4-3-5-12-21)16-24-19(2)30(26-15-9-7-13-22(24)26)17-20-10-6-8-14-25(20)28/h3-16H,17H2,1-2H3/b23-16+. The Labute approximate surface area is 185 Å². The quantitative estimate of drug-likeness (QED) is 0.374. The van der Waals surface area contributed by atoms with Gasteiger partial charge in [0.25, 0.3) is 5.91 Å². The molecule has 0 spiro atoms. The number of halogens is 1. The Balaban J connectivity index is 1.60. The highest BCUT2D eigenvalue weighted by atomic mass is 19.1. The number of rotatable bonds is 4. The first-order chi connectivity index (χ1) is 15.5. The van der Waals surface area contributed by atoms with E-state index in [1.807, 2.05) is 80.6 Å². The van der Waals surface area contributed by atoms with E-state index in [-0.39, 0.29) is 11.7 Å². The Morgan fingerprint density at radius 1 is 0.906 bits per heavy atom. The number of aromatic nitrogens is 1. The van der Waals surface area contributed by atoms with Gasteiger partial charge in [-0.15, -0.1) is 0 Å². The third kappa shape index (κ3) is 3.32. The van der Waals surface area contributed by atoms with Crippen LogP contribution >= 0.6 is 0 Å². The summed E-state index contributed by atoms with van der Waals surface area (Å²) in [6.07, 6.45) is 1.92. The molecule has 0 radical (unpaired) electrons. The molecule has 0 atom stereocenters. The number of carbonyl (C=O) groups excluding carboxylic acids is 1. The molecule has 158 valence electrons. The molecule has 4 nitrogen and oxygen atoms in total. The smallest absolute Gasteiger partial charge is 0.280 e. The Kier molecular flexibility index (Phi) is 4.94. The van der Waals surface area contributed by atoms with Crippen LogP contribution in [-0.2, 0) is 11.3 Å². The van der Waals surface area contributed by atoms with Crippen LogP contribution in [0.2, 0.25) is 0 Å². The summed E-state index contributed by atoms with van der Waals surface area (Å²) in [6, 6.07) is 24.2.